The Morgan fingerprint density at radius 3 is 2.94 bits per heavy atom. The van der Waals surface area contributed by atoms with Crippen molar-refractivity contribution in [2.45, 2.75) is 18.9 Å². The third-order valence-corrected chi connectivity index (χ3v) is 2.82. The molecule has 0 unspecified atom stereocenters. The zero-order chi connectivity index (χ0) is 12.4. The molecular formula is C11H12N2O4. The number of hydrogen-bond donors (Lipinski definition) is 0. The minimum Gasteiger partial charge on any atom is -0.468 e. The Bertz CT molecular complexity index is 452. The summed E-state index contributed by atoms with van der Waals surface area (Å²) in [6, 6.07) is 2.53. The number of hydrogen-bond acceptors (Lipinski definition) is 4. The number of nitro groups is 1. The standard InChI is InChI=1S/C11H12N2O4/c1-8(14)12-5-4-9(10(7-12)13(15)16)11-3-2-6-17-11/h2-6,9-10H,7H2,1H3/t9-,10-/m1/s1. The van der Waals surface area contributed by atoms with Crippen LogP contribution in [-0.4, -0.2) is 28.3 Å². The molecule has 1 aromatic heterocycles. The highest BCUT2D eigenvalue weighted by Gasteiger charge is 2.37. The highest BCUT2D eigenvalue weighted by Crippen LogP contribution is 2.27. The van der Waals surface area contributed by atoms with Crippen LogP contribution in [0.2, 0.25) is 0 Å². The van der Waals surface area contributed by atoms with Crippen LogP contribution in [0.4, 0.5) is 0 Å². The zero-order valence-electron chi connectivity index (χ0n) is 9.28. The van der Waals surface area contributed by atoms with Gasteiger partial charge >= 0.3 is 0 Å². The van der Waals surface area contributed by atoms with Gasteiger partial charge in [0, 0.05) is 18.0 Å². The second-order valence-corrected chi connectivity index (χ2v) is 3.91. The molecule has 1 amide bonds. The number of rotatable bonds is 2. The van der Waals surface area contributed by atoms with E-state index in [-0.39, 0.29) is 17.4 Å². The second kappa shape index (κ2) is 4.40. The summed E-state index contributed by atoms with van der Waals surface area (Å²) in [4.78, 5) is 23.2. The first-order valence-corrected chi connectivity index (χ1v) is 5.22. The van der Waals surface area contributed by atoms with Gasteiger partial charge in [-0.05, 0) is 12.1 Å². The van der Waals surface area contributed by atoms with Crippen LogP contribution in [-0.2, 0) is 4.79 Å². The molecule has 2 rings (SSSR count). The van der Waals surface area contributed by atoms with Crippen LogP contribution in [0.15, 0.2) is 35.1 Å². The van der Waals surface area contributed by atoms with E-state index in [1.165, 1.54) is 18.1 Å². The van der Waals surface area contributed by atoms with Crippen molar-refractivity contribution in [2.75, 3.05) is 6.54 Å². The van der Waals surface area contributed by atoms with Gasteiger partial charge in [0.15, 0.2) is 0 Å². The Kier molecular flexibility index (Phi) is 2.95. The molecule has 0 spiro atoms. The van der Waals surface area contributed by atoms with Crippen LogP contribution < -0.4 is 0 Å². The summed E-state index contributed by atoms with van der Waals surface area (Å²) in [6.45, 7) is 1.46. The third kappa shape index (κ3) is 2.20. The summed E-state index contributed by atoms with van der Waals surface area (Å²) in [5, 5.41) is 11.0. The summed E-state index contributed by atoms with van der Waals surface area (Å²) in [6.07, 6.45) is 4.70. The van der Waals surface area contributed by atoms with Crippen molar-refractivity contribution in [1.29, 1.82) is 0 Å². The summed E-state index contributed by atoms with van der Waals surface area (Å²) < 4.78 is 5.19. The normalized spacial score (nSPS) is 23.7. The largest absolute Gasteiger partial charge is 0.468 e. The fourth-order valence-electron chi connectivity index (χ4n) is 1.90. The van der Waals surface area contributed by atoms with E-state index >= 15 is 0 Å². The Morgan fingerprint density at radius 1 is 1.65 bits per heavy atom. The molecule has 1 aliphatic rings. The summed E-state index contributed by atoms with van der Waals surface area (Å²) in [7, 11) is 0. The molecule has 0 radical (unpaired) electrons. The molecule has 90 valence electrons. The Balaban J connectivity index is 2.29. The van der Waals surface area contributed by atoms with Crippen molar-refractivity contribution in [1.82, 2.24) is 4.90 Å². The SMILES string of the molecule is CC(=O)N1C=C[C@@H](c2ccco2)[C@H]([N+](=O)[O-])C1. The van der Waals surface area contributed by atoms with Crippen molar-refractivity contribution in [3.8, 4) is 0 Å². The molecule has 6 heteroatoms. The van der Waals surface area contributed by atoms with Crippen LogP contribution in [0.1, 0.15) is 18.6 Å². The maximum absolute atomic E-state index is 11.2. The van der Waals surface area contributed by atoms with E-state index in [1.54, 1.807) is 24.4 Å². The van der Waals surface area contributed by atoms with Crippen LogP contribution in [0, 0.1) is 10.1 Å². The first-order valence-electron chi connectivity index (χ1n) is 5.22. The lowest BCUT2D eigenvalue weighted by Gasteiger charge is -2.26. The number of carbonyl (C=O) groups excluding carboxylic acids is 1. The lowest BCUT2D eigenvalue weighted by molar-refractivity contribution is -0.525. The minimum absolute atomic E-state index is 0.0736. The summed E-state index contributed by atoms with van der Waals surface area (Å²) in [5.74, 6) is -0.0762. The summed E-state index contributed by atoms with van der Waals surface area (Å²) in [5.41, 5.74) is 0. The maximum atomic E-state index is 11.2. The molecule has 6 nitrogen and oxygen atoms in total. The highest BCUT2D eigenvalue weighted by atomic mass is 16.6. The lowest BCUT2D eigenvalue weighted by Crippen LogP contribution is -2.42. The van der Waals surface area contributed by atoms with Crippen LogP contribution in [0.25, 0.3) is 0 Å². The smallest absolute Gasteiger partial charge is 0.244 e. The van der Waals surface area contributed by atoms with E-state index in [1.807, 2.05) is 0 Å². The van der Waals surface area contributed by atoms with Gasteiger partial charge in [-0.2, -0.15) is 0 Å². The van der Waals surface area contributed by atoms with Gasteiger partial charge in [-0.15, -0.1) is 0 Å². The Morgan fingerprint density at radius 2 is 2.41 bits per heavy atom. The number of nitrogens with zero attached hydrogens (tertiary/aromatic N) is 2. The maximum Gasteiger partial charge on any atom is 0.244 e. The van der Waals surface area contributed by atoms with Gasteiger partial charge in [-0.1, -0.05) is 6.08 Å². The molecule has 0 fully saturated rings. The first-order chi connectivity index (χ1) is 8.09. The molecule has 1 aliphatic heterocycles. The van der Waals surface area contributed by atoms with Crippen molar-refractivity contribution in [3.63, 3.8) is 0 Å². The van der Waals surface area contributed by atoms with Gasteiger partial charge in [0.25, 0.3) is 0 Å². The average molecular weight is 236 g/mol. The number of furan rings is 1. The lowest BCUT2D eigenvalue weighted by atomic mass is 9.94. The van der Waals surface area contributed by atoms with Crippen molar-refractivity contribution in [3.05, 3.63) is 46.5 Å². The van der Waals surface area contributed by atoms with Crippen molar-refractivity contribution in [2.24, 2.45) is 0 Å². The van der Waals surface area contributed by atoms with Crippen LogP contribution >= 0.6 is 0 Å². The van der Waals surface area contributed by atoms with E-state index in [2.05, 4.69) is 0 Å². The van der Waals surface area contributed by atoms with Crippen LogP contribution in [0.3, 0.4) is 0 Å². The van der Waals surface area contributed by atoms with E-state index in [0.717, 1.165) is 0 Å². The predicted octanol–water partition coefficient (Wildman–Crippen LogP) is 1.38. The monoisotopic (exact) mass is 236 g/mol. The van der Waals surface area contributed by atoms with E-state index in [0.29, 0.717) is 5.76 Å². The Hall–Kier alpha value is -2.11. The molecule has 1 aromatic rings. The Labute approximate surface area is 97.7 Å². The third-order valence-electron chi connectivity index (χ3n) is 2.82. The molecule has 0 saturated heterocycles. The highest BCUT2D eigenvalue weighted by molar-refractivity contribution is 5.74. The molecule has 0 bridgehead atoms. The van der Waals surface area contributed by atoms with Gasteiger partial charge in [0.2, 0.25) is 11.9 Å². The van der Waals surface area contributed by atoms with E-state index in [4.69, 9.17) is 4.42 Å². The van der Waals surface area contributed by atoms with Gasteiger partial charge < -0.3 is 9.32 Å². The topological polar surface area (TPSA) is 76.6 Å². The molecular weight excluding hydrogens is 224 g/mol. The molecule has 17 heavy (non-hydrogen) atoms. The molecule has 0 aliphatic carbocycles. The molecule has 0 aromatic carbocycles. The van der Waals surface area contributed by atoms with Gasteiger partial charge in [-0.3, -0.25) is 14.9 Å². The van der Waals surface area contributed by atoms with Crippen molar-refractivity contribution < 1.29 is 14.1 Å². The van der Waals surface area contributed by atoms with E-state index < -0.39 is 12.0 Å². The van der Waals surface area contributed by atoms with Crippen LogP contribution in [0.5, 0.6) is 0 Å². The molecule has 2 atom stereocenters. The molecule has 0 saturated carbocycles. The predicted molar refractivity (Wildman–Crippen MR) is 58.8 cm³/mol. The second-order valence-electron chi connectivity index (χ2n) is 3.91. The number of carbonyl (C=O) groups is 1. The van der Waals surface area contributed by atoms with Crippen molar-refractivity contribution >= 4 is 5.91 Å². The molecule has 0 N–H and O–H groups in total. The zero-order valence-corrected chi connectivity index (χ0v) is 9.28. The number of amides is 1. The van der Waals surface area contributed by atoms with Gasteiger partial charge in [0.1, 0.15) is 11.7 Å². The summed E-state index contributed by atoms with van der Waals surface area (Å²) >= 11 is 0. The fraction of sp³-hybridized carbons (Fsp3) is 0.364. The van der Waals surface area contributed by atoms with Gasteiger partial charge in [-0.25, -0.2) is 0 Å². The first kappa shape index (κ1) is 11.4. The van der Waals surface area contributed by atoms with Gasteiger partial charge in [0.05, 0.1) is 12.8 Å². The van der Waals surface area contributed by atoms with E-state index in [9.17, 15) is 14.9 Å². The minimum atomic E-state index is -0.866. The average Bonchev–Trinajstić information content (AvgIpc) is 2.81. The molecule has 2 heterocycles. The fourth-order valence-corrected chi connectivity index (χ4v) is 1.90. The quantitative estimate of drug-likeness (QED) is 0.574.